The molecule has 0 saturated heterocycles. The zero-order valence-corrected chi connectivity index (χ0v) is 11.3. The van der Waals surface area contributed by atoms with Crippen LogP contribution in [0.25, 0.3) is 0 Å². The lowest BCUT2D eigenvalue weighted by Gasteiger charge is -2.41. The molecule has 0 spiro atoms. The van der Waals surface area contributed by atoms with Crippen LogP contribution in [0.3, 0.4) is 0 Å². The number of quaternary nitrogens is 1. The highest BCUT2D eigenvalue weighted by Crippen LogP contribution is 2.39. The van der Waals surface area contributed by atoms with Crippen molar-refractivity contribution in [1.82, 2.24) is 0 Å². The highest BCUT2D eigenvalue weighted by molar-refractivity contribution is 5.30. The minimum atomic E-state index is -0.222. The molecule has 0 aromatic heterocycles. The summed E-state index contributed by atoms with van der Waals surface area (Å²) in [4.78, 5) is 0. The lowest BCUT2D eigenvalue weighted by atomic mass is 9.75. The molecule has 1 aromatic rings. The SMILES string of the molecule is C[N+](C)([O-])CC1CCCCC1c1cccc(O)c1. The Hall–Kier alpha value is -1.06. The standard InChI is InChI=1S/C15H23NO2/c1-16(2,18)11-13-6-3-4-9-15(13)12-7-5-8-14(17)10-12/h5,7-8,10,13,15,17H,3-4,6,9,11H2,1-2H3. The molecule has 3 nitrogen and oxygen atoms in total. The largest absolute Gasteiger partial charge is 0.633 e. The van der Waals surface area contributed by atoms with E-state index < -0.39 is 0 Å². The number of hydroxylamine groups is 3. The summed E-state index contributed by atoms with van der Waals surface area (Å²) in [5.74, 6) is 1.19. The van der Waals surface area contributed by atoms with E-state index in [1.165, 1.54) is 18.4 Å². The smallest absolute Gasteiger partial charge is 0.115 e. The van der Waals surface area contributed by atoms with Gasteiger partial charge in [0.15, 0.2) is 0 Å². The Kier molecular flexibility index (Phi) is 3.93. The maximum Gasteiger partial charge on any atom is 0.115 e. The summed E-state index contributed by atoms with van der Waals surface area (Å²) in [7, 11) is 3.43. The highest BCUT2D eigenvalue weighted by Gasteiger charge is 2.29. The first-order chi connectivity index (χ1) is 8.46. The van der Waals surface area contributed by atoms with Crippen LogP contribution in [0.15, 0.2) is 24.3 Å². The van der Waals surface area contributed by atoms with E-state index in [2.05, 4.69) is 6.07 Å². The van der Waals surface area contributed by atoms with Crippen molar-refractivity contribution in [2.75, 3.05) is 20.6 Å². The summed E-state index contributed by atoms with van der Waals surface area (Å²) >= 11 is 0. The van der Waals surface area contributed by atoms with Crippen molar-refractivity contribution < 1.29 is 9.75 Å². The van der Waals surface area contributed by atoms with Gasteiger partial charge >= 0.3 is 0 Å². The van der Waals surface area contributed by atoms with Gasteiger partial charge in [-0.05, 0) is 36.5 Å². The van der Waals surface area contributed by atoms with Gasteiger partial charge in [-0.1, -0.05) is 25.0 Å². The fourth-order valence-electron chi connectivity index (χ4n) is 3.19. The number of hydrogen-bond acceptors (Lipinski definition) is 2. The molecule has 0 bridgehead atoms. The zero-order valence-electron chi connectivity index (χ0n) is 11.3. The maximum atomic E-state index is 11.9. The molecule has 1 N–H and O–H groups in total. The predicted molar refractivity (Wildman–Crippen MR) is 73.1 cm³/mol. The van der Waals surface area contributed by atoms with Crippen molar-refractivity contribution in [1.29, 1.82) is 0 Å². The molecule has 1 saturated carbocycles. The van der Waals surface area contributed by atoms with Crippen molar-refractivity contribution in [3.63, 3.8) is 0 Å². The van der Waals surface area contributed by atoms with E-state index in [9.17, 15) is 10.3 Å². The molecule has 1 aliphatic carbocycles. The van der Waals surface area contributed by atoms with E-state index in [0.717, 1.165) is 12.8 Å². The van der Waals surface area contributed by atoms with Crippen molar-refractivity contribution >= 4 is 0 Å². The van der Waals surface area contributed by atoms with Gasteiger partial charge in [-0.3, -0.25) is 0 Å². The third kappa shape index (κ3) is 3.47. The minimum Gasteiger partial charge on any atom is -0.633 e. The van der Waals surface area contributed by atoms with Gasteiger partial charge in [0.2, 0.25) is 0 Å². The van der Waals surface area contributed by atoms with Gasteiger partial charge in [0, 0.05) is 5.92 Å². The molecule has 2 atom stereocenters. The molecule has 1 fully saturated rings. The summed E-state index contributed by atoms with van der Waals surface area (Å²) in [5.41, 5.74) is 1.19. The summed E-state index contributed by atoms with van der Waals surface area (Å²) in [6.07, 6.45) is 4.71. The maximum absolute atomic E-state index is 11.9. The Morgan fingerprint density at radius 1 is 1.28 bits per heavy atom. The van der Waals surface area contributed by atoms with Crippen LogP contribution >= 0.6 is 0 Å². The first-order valence-corrected chi connectivity index (χ1v) is 6.78. The first kappa shape index (κ1) is 13.4. The fraction of sp³-hybridized carbons (Fsp3) is 0.600. The van der Waals surface area contributed by atoms with E-state index in [1.54, 1.807) is 20.2 Å². The molecule has 0 aliphatic heterocycles. The number of benzene rings is 1. The van der Waals surface area contributed by atoms with Crippen LogP contribution in [0.1, 0.15) is 37.2 Å². The topological polar surface area (TPSA) is 43.3 Å². The summed E-state index contributed by atoms with van der Waals surface area (Å²) in [5, 5.41) is 21.5. The molecule has 0 heterocycles. The minimum absolute atomic E-state index is 0.222. The van der Waals surface area contributed by atoms with Gasteiger partial charge < -0.3 is 15.0 Å². The summed E-state index contributed by atoms with van der Waals surface area (Å²) in [6.45, 7) is 0.667. The number of nitrogens with zero attached hydrogens (tertiary/aromatic N) is 1. The monoisotopic (exact) mass is 249 g/mol. The number of aromatic hydroxyl groups is 1. The highest BCUT2D eigenvalue weighted by atomic mass is 16.5. The van der Waals surface area contributed by atoms with E-state index in [1.807, 2.05) is 12.1 Å². The average Bonchev–Trinajstić information content (AvgIpc) is 2.27. The molecule has 2 unspecified atom stereocenters. The number of rotatable bonds is 3. The lowest BCUT2D eigenvalue weighted by Crippen LogP contribution is -2.40. The molecule has 0 amide bonds. The van der Waals surface area contributed by atoms with Gasteiger partial charge in [0.1, 0.15) is 5.75 Å². The van der Waals surface area contributed by atoms with Gasteiger partial charge in [0.25, 0.3) is 0 Å². The van der Waals surface area contributed by atoms with Gasteiger partial charge in [-0.25, -0.2) is 0 Å². The van der Waals surface area contributed by atoms with Crippen LogP contribution in [0, 0.1) is 11.1 Å². The average molecular weight is 249 g/mol. The van der Waals surface area contributed by atoms with Crippen molar-refractivity contribution in [2.24, 2.45) is 5.92 Å². The van der Waals surface area contributed by atoms with E-state index >= 15 is 0 Å². The second-order valence-corrected chi connectivity index (χ2v) is 6.00. The molecular formula is C15H23NO2. The van der Waals surface area contributed by atoms with Crippen LogP contribution < -0.4 is 0 Å². The Bertz CT molecular complexity index is 398. The van der Waals surface area contributed by atoms with E-state index in [4.69, 9.17) is 0 Å². The molecular weight excluding hydrogens is 226 g/mol. The van der Waals surface area contributed by atoms with Crippen LogP contribution in [0.5, 0.6) is 5.75 Å². The normalized spacial score (nSPS) is 25.1. The third-order valence-electron chi connectivity index (χ3n) is 3.88. The molecule has 100 valence electrons. The van der Waals surface area contributed by atoms with Crippen molar-refractivity contribution in [3.8, 4) is 5.75 Å². The second kappa shape index (κ2) is 5.29. The lowest BCUT2D eigenvalue weighted by molar-refractivity contribution is -0.844. The quantitative estimate of drug-likeness (QED) is 0.660. The van der Waals surface area contributed by atoms with Crippen LogP contribution in [-0.4, -0.2) is 30.4 Å². The third-order valence-corrected chi connectivity index (χ3v) is 3.88. The summed E-state index contributed by atoms with van der Waals surface area (Å²) < 4.78 is -0.222. The Morgan fingerprint density at radius 2 is 2.00 bits per heavy atom. The molecule has 1 aliphatic rings. The molecule has 18 heavy (non-hydrogen) atoms. The van der Waals surface area contributed by atoms with E-state index in [-0.39, 0.29) is 4.65 Å². The Labute approximate surface area is 109 Å². The van der Waals surface area contributed by atoms with E-state index in [0.29, 0.717) is 24.1 Å². The van der Waals surface area contributed by atoms with Gasteiger partial charge in [-0.15, -0.1) is 0 Å². The molecule has 1 aromatic carbocycles. The second-order valence-electron chi connectivity index (χ2n) is 6.00. The molecule has 2 rings (SSSR count). The molecule has 0 radical (unpaired) electrons. The van der Waals surface area contributed by atoms with Gasteiger partial charge in [-0.2, -0.15) is 0 Å². The summed E-state index contributed by atoms with van der Waals surface area (Å²) in [6, 6.07) is 7.53. The fourth-order valence-corrected chi connectivity index (χ4v) is 3.19. The first-order valence-electron chi connectivity index (χ1n) is 6.78. The predicted octanol–water partition coefficient (Wildman–Crippen LogP) is 3.24. The van der Waals surface area contributed by atoms with Crippen molar-refractivity contribution in [2.45, 2.75) is 31.6 Å². The number of phenols is 1. The number of hydrogen-bond donors (Lipinski definition) is 1. The molecule has 3 heteroatoms. The van der Waals surface area contributed by atoms with Crippen LogP contribution in [-0.2, 0) is 0 Å². The van der Waals surface area contributed by atoms with Crippen molar-refractivity contribution in [3.05, 3.63) is 35.0 Å². The Morgan fingerprint density at radius 3 is 2.67 bits per heavy atom. The van der Waals surface area contributed by atoms with Crippen LogP contribution in [0.4, 0.5) is 0 Å². The Balaban J connectivity index is 2.17. The zero-order chi connectivity index (χ0) is 13.2. The van der Waals surface area contributed by atoms with Gasteiger partial charge in [0.05, 0.1) is 20.6 Å². The van der Waals surface area contributed by atoms with Crippen LogP contribution in [0.2, 0.25) is 0 Å². The number of phenolic OH excluding ortho intramolecular Hbond substituents is 1.